The fraction of sp³-hybridized carbons (Fsp3) is 0.286. The molecule has 0 radical (unpaired) electrons. The van der Waals surface area contributed by atoms with E-state index in [9.17, 15) is 9.59 Å². The summed E-state index contributed by atoms with van der Waals surface area (Å²) in [5.74, 6) is 0.304. The lowest BCUT2D eigenvalue weighted by atomic mass is 10.0. The molecule has 1 N–H and O–H groups in total. The number of likely N-dealkylation sites (tertiary alicyclic amines) is 1. The molecule has 1 aliphatic rings. The number of H-pyrrole nitrogens is 1. The van der Waals surface area contributed by atoms with E-state index in [0.29, 0.717) is 35.0 Å². The van der Waals surface area contributed by atoms with Gasteiger partial charge in [0, 0.05) is 11.6 Å². The number of carbonyl (C=O) groups excluding carboxylic acids is 1. The van der Waals surface area contributed by atoms with Gasteiger partial charge in [0.15, 0.2) is 5.69 Å². The Bertz CT molecular complexity index is 1070. The highest BCUT2D eigenvalue weighted by Crippen LogP contribution is 2.22. The minimum atomic E-state index is -0.469. The Kier molecular flexibility index (Phi) is 5.30. The topological polar surface area (TPSA) is 75.3 Å². The first-order chi connectivity index (χ1) is 13.6. The molecule has 1 aliphatic heterocycles. The fourth-order valence-electron chi connectivity index (χ4n) is 3.50. The molecular formula is C21H20ClN3O3. The number of amides is 1. The highest BCUT2D eigenvalue weighted by atomic mass is 35.5. The molecule has 3 aromatic rings. The molecule has 0 spiro atoms. The van der Waals surface area contributed by atoms with Crippen molar-refractivity contribution >= 4 is 28.5 Å². The van der Waals surface area contributed by atoms with E-state index in [1.165, 1.54) is 0 Å². The smallest absolute Gasteiger partial charge is 0.280 e. The lowest BCUT2D eigenvalue weighted by Crippen LogP contribution is -2.48. The van der Waals surface area contributed by atoms with Crippen LogP contribution in [0.2, 0.25) is 5.02 Å². The van der Waals surface area contributed by atoms with Crippen molar-refractivity contribution in [3.63, 3.8) is 0 Å². The van der Waals surface area contributed by atoms with Gasteiger partial charge in [0.2, 0.25) is 0 Å². The number of nitrogens with one attached hydrogen (secondary N) is 1. The van der Waals surface area contributed by atoms with Gasteiger partial charge in [-0.2, -0.15) is 0 Å². The van der Waals surface area contributed by atoms with E-state index in [1.807, 2.05) is 24.3 Å². The molecule has 144 valence electrons. The van der Waals surface area contributed by atoms with E-state index in [1.54, 1.807) is 29.2 Å². The zero-order chi connectivity index (χ0) is 19.5. The third-order valence-corrected chi connectivity index (χ3v) is 5.16. The number of hydrogen-bond acceptors (Lipinski definition) is 4. The Morgan fingerprint density at radius 1 is 1.21 bits per heavy atom. The first-order valence-electron chi connectivity index (χ1n) is 9.30. The number of benzene rings is 2. The van der Waals surface area contributed by atoms with E-state index < -0.39 is 5.56 Å². The zero-order valence-electron chi connectivity index (χ0n) is 15.2. The minimum absolute atomic E-state index is 0.0756. The Morgan fingerprint density at radius 3 is 2.93 bits per heavy atom. The Morgan fingerprint density at radius 2 is 2.07 bits per heavy atom. The van der Waals surface area contributed by atoms with E-state index in [4.69, 9.17) is 16.3 Å². The highest BCUT2D eigenvalue weighted by molar-refractivity contribution is 6.30. The maximum absolute atomic E-state index is 13.1. The molecule has 7 heteroatoms. The van der Waals surface area contributed by atoms with Crippen LogP contribution in [0.1, 0.15) is 29.8 Å². The van der Waals surface area contributed by atoms with Crippen molar-refractivity contribution in [3.8, 4) is 5.75 Å². The molecular weight excluding hydrogens is 378 g/mol. The number of ether oxygens (including phenoxy) is 1. The summed E-state index contributed by atoms with van der Waals surface area (Å²) in [6.07, 6.45) is 2.72. The van der Waals surface area contributed by atoms with Crippen molar-refractivity contribution in [2.75, 3.05) is 13.2 Å². The monoisotopic (exact) mass is 397 g/mol. The van der Waals surface area contributed by atoms with Gasteiger partial charge < -0.3 is 14.6 Å². The second-order valence-corrected chi connectivity index (χ2v) is 7.28. The SMILES string of the molecule is O=C(c1nc2ccccc2[nH]c1=O)N1CCCCC1COc1cccc(Cl)c1. The molecule has 4 rings (SSSR count). The summed E-state index contributed by atoms with van der Waals surface area (Å²) in [5.41, 5.74) is 0.662. The minimum Gasteiger partial charge on any atom is -0.491 e. The number of carbonyl (C=O) groups is 1. The maximum atomic E-state index is 13.1. The summed E-state index contributed by atoms with van der Waals surface area (Å²) in [6, 6.07) is 14.2. The van der Waals surface area contributed by atoms with Crippen LogP contribution in [0, 0.1) is 0 Å². The third kappa shape index (κ3) is 3.87. The van der Waals surface area contributed by atoms with Crippen LogP contribution in [0.3, 0.4) is 0 Å². The van der Waals surface area contributed by atoms with Crippen LogP contribution in [-0.4, -0.2) is 40.0 Å². The van der Waals surface area contributed by atoms with Gasteiger partial charge in [-0.05, 0) is 49.6 Å². The predicted molar refractivity (Wildman–Crippen MR) is 108 cm³/mol. The quantitative estimate of drug-likeness (QED) is 0.729. The van der Waals surface area contributed by atoms with Crippen LogP contribution in [0.15, 0.2) is 53.3 Å². The number of nitrogens with zero attached hydrogens (tertiary/aromatic N) is 2. The molecule has 2 heterocycles. The lowest BCUT2D eigenvalue weighted by molar-refractivity contribution is 0.0521. The molecule has 1 atom stereocenters. The van der Waals surface area contributed by atoms with Crippen molar-refractivity contribution in [2.24, 2.45) is 0 Å². The number of fused-ring (bicyclic) bond motifs is 1. The summed E-state index contributed by atoms with van der Waals surface area (Å²) >= 11 is 6.00. The van der Waals surface area contributed by atoms with Gasteiger partial charge in [0.1, 0.15) is 12.4 Å². The van der Waals surface area contributed by atoms with Crippen molar-refractivity contribution in [1.82, 2.24) is 14.9 Å². The number of hydrogen-bond donors (Lipinski definition) is 1. The average Bonchev–Trinajstić information content (AvgIpc) is 2.71. The number of piperidine rings is 1. The summed E-state index contributed by atoms with van der Waals surface area (Å²) in [6.45, 7) is 0.925. The van der Waals surface area contributed by atoms with Gasteiger partial charge in [-0.3, -0.25) is 9.59 Å². The molecule has 2 aromatic carbocycles. The summed E-state index contributed by atoms with van der Waals surface area (Å²) in [7, 11) is 0. The Labute approximate surface area is 167 Å². The van der Waals surface area contributed by atoms with Crippen molar-refractivity contribution in [1.29, 1.82) is 0 Å². The van der Waals surface area contributed by atoms with Crippen LogP contribution in [-0.2, 0) is 0 Å². The highest BCUT2D eigenvalue weighted by Gasteiger charge is 2.30. The van der Waals surface area contributed by atoms with E-state index in [-0.39, 0.29) is 17.6 Å². The molecule has 0 saturated carbocycles. The van der Waals surface area contributed by atoms with Gasteiger partial charge in [0.05, 0.1) is 17.1 Å². The van der Waals surface area contributed by atoms with E-state index >= 15 is 0 Å². The van der Waals surface area contributed by atoms with Crippen LogP contribution in [0.4, 0.5) is 0 Å². The number of aromatic amines is 1. The van der Waals surface area contributed by atoms with E-state index in [0.717, 1.165) is 19.3 Å². The lowest BCUT2D eigenvalue weighted by Gasteiger charge is -2.35. The standard InChI is InChI=1S/C21H20ClN3O3/c22-14-6-5-8-16(12-14)28-13-15-7-3-4-11-25(15)21(27)19-20(26)24-18-10-2-1-9-17(18)23-19/h1-2,5-6,8-10,12,15H,3-4,7,11,13H2,(H,24,26). The van der Waals surface area contributed by atoms with Crippen molar-refractivity contribution in [2.45, 2.75) is 25.3 Å². The van der Waals surface area contributed by atoms with E-state index in [2.05, 4.69) is 9.97 Å². The van der Waals surface area contributed by atoms with Crippen LogP contribution < -0.4 is 10.3 Å². The summed E-state index contributed by atoms with van der Waals surface area (Å²) < 4.78 is 5.86. The second-order valence-electron chi connectivity index (χ2n) is 6.85. The molecule has 0 aliphatic carbocycles. The first kappa shape index (κ1) is 18.5. The van der Waals surface area contributed by atoms with Crippen molar-refractivity contribution in [3.05, 3.63) is 69.6 Å². The molecule has 1 unspecified atom stereocenters. The number of rotatable bonds is 4. The fourth-order valence-corrected chi connectivity index (χ4v) is 3.68. The number of halogens is 1. The second kappa shape index (κ2) is 8.02. The molecule has 1 saturated heterocycles. The predicted octanol–water partition coefficient (Wildman–Crippen LogP) is 3.65. The van der Waals surface area contributed by atoms with Gasteiger partial charge in [-0.15, -0.1) is 0 Å². The molecule has 1 fully saturated rings. The van der Waals surface area contributed by atoms with Gasteiger partial charge in [-0.25, -0.2) is 4.98 Å². The zero-order valence-corrected chi connectivity index (χ0v) is 16.0. The third-order valence-electron chi connectivity index (χ3n) is 4.93. The van der Waals surface area contributed by atoms with Crippen molar-refractivity contribution < 1.29 is 9.53 Å². The van der Waals surface area contributed by atoms with Gasteiger partial charge in [0.25, 0.3) is 11.5 Å². The Hall–Kier alpha value is -2.86. The number of aromatic nitrogens is 2. The molecule has 28 heavy (non-hydrogen) atoms. The van der Waals surface area contributed by atoms with Gasteiger partial charge in [-0.1, -0.05) is 29.8 Å². The Balaban J connectivity index is 1.56. The molecule has 1 aromatic heterocycles. The largest absolute Gasteiger partial charge is 0.491 e. The molecule has 0 bridgehead atoms. The summed E-state index contributed by atoms with van der Waals surface area (Å²) in [5, 5.41) is 0.598. The van der Waals surface area contributed by atoms with Crippen LogP contribution in [0.5, 0.6) is 5.75 Å². The van der Waals surface area contributed by atoms with Crippen LogP contribution >= 0.6 is 11.6 Å². The number of para-hydroxylation sites is 2. The maximum Gasteiger partial charge on any atom is 0.280 e. The molecule has 6 nitrogen and oxygen atoms in total. The first-order valence-corrected chi connectivity index (χ1v) is 9.68. The normalized spacial score (nSPS) is 16.9. The summed E-state index contributed by atoms with van der Waals surface area (Å²) in [4.78, 5) is 34.3. The molecule has 1 amide bonds. The van der Waals surface area contributed by atoms with Gasteiger partial charge >= 0.3 is 0 Å². The van der Waals surface area contributed by atoms with Crippen LogP contribution in [0.25, 0.3) is 11.0 Å². The average molecular weight is 398 g/mol.